The Balaban J connectivity index is 1.76. The first kappa shape index (κ1) is 20.4. The smallest absolute Gasteiger partial charge is 0.268 e. The van der Waals surface area contributed by atoms with Crippen LogP contribution in [-0.2, 0) is 6.42 Å². The highest BCUT2D eigenvalue weighted by Crippen LogP contribution is 2.27. The van der Waals surface area contributed by atoms with E-state index in [1.54, 1.807) is 5.38 Å². The summed E-state index contributed by atoms with van der Waals surface area (Å²) in [7, 11) is 0. The van der Waals surface area contributed by atoms with Gasteiger partial charge in [-0.2, -0.15) is 0 Å². The molecule has 10 heteroatoms. The number of aliphatic hydroxyl groups is 1. The second-order valence-corrected chi connectivity index (χ2v) is 7.22. The number of halogens is 3. The van der Waals surface area contributed by atoms with Gasteiger partial charge in [0.25, 0.3) is 5.91 Å². The van der Waals surface area contributed by atoms with Crippen LogP contribution in [0.4, 0.5) is 8.78 Å². The van der Waals surface area contributed by atoms with E-state index in [-0.39, 0.29) is 24.4 Å². The van der Waals surface area contributed by atoms with Crippen molar-refractivity contribution >= 4 is 28.8 Å². The Morgan fingerprint density at radius 1 is 1.36 bits per heavy atom. The van der Waals surface area contributed by atoms with E-state index in [9.17, 15) is 13.6 Å². The first-order valence-corrected chi connectivity index (χ1v) is 9.58. The third kappa shape index (κ3) is 4.39. The number of nitrogens with zero attached hydrogens (tertiary/aromatic N) is 1. The summed E-state index contributed by atoms with van der Waals surface area (Å²) >= 11 is 6.83. The molecule has 0 saturated heterocycles. The fourth-order valence-electron chi connectivity index (χ4n) is 2.58. The quantitative estimate of drug-likeness (QED) is 0.436. The summed E-state index contributed by atoms with van der Waals surface area (Å²) in [5.74, 6) is -2.21. The first-order valence-electron chi connectivity index (χ1n) is 8.33. The average Bonchev–Trinajstić information content (AvgIpc) is 3.34. The summed E-state index contributed by atoms with van der Waals surface area (Å²) in [6, 6.07) is 4.71. The van der Waals surface area contributed by atoms with Gasteiger partial charge in [-0.15, -0.1) is 11.3 Å². The van der Waals surface area contributed by atoms with Crippen molar-refractivity contribution in [3.8, 4) is 11.3 Å². The Morgan fingerprint density at radius 2 is 2.07 bits per heavy atom. The van der Waals surface area contributed by atoms with Crippen LogP contribution in [0.5, 0.6) is 0 Å². The van der Waals surface area contributed by atoms with Crippen LogP contribution in [-0.4, -0.2) is 34.1 Å². The molecule has 6 nitrogen and oxygen atoms in total. The van der Waals surface area contributed by atoms with E-state index < -0.39 is 28.6 Å². The number of amides is 1. The molecule has 28 heavy (non-hydrogen) atoms. The molecule has 1 aromatic carbocycles. The SMILES string of the molecule is NC[C@H](NC(=O)c1ccc(-c2cc(F)c(Cl)c(F)c2)[nH]1)c1nc(CCO)cs1. The molecule has 2 aromatic heterocycles. The lowest BCUT2D eigenvalue weighted by Crippen LogP contribution is -2.33. The predicted molar refractivity (Wildman–Crippen MR) is 103 cm³/mol. The van der Waals surface area contributed by atoms with Crippen molar-refractivity contribution in [2.24, 2.45) is 5.73 Å². The van der Waals surface area contributed by atoms with E-state index in [4.69, 9.17) is 22.4 Å². The molecule has 0 bridgehead atoms. The summed E-state index contributed by atoms with van der Waals surface area (Å²) in [6.45, 7) is 0.124. The number of hydrogen-bond donors (Lipinski definition) is 4. The first-order chi connectivity index (χ1) is 13.4. The zero-order valence-corrected chi connectivity index (χ0v) is 16.1. The van der Waals surface area contributed by atoms with Crippen LogP contribution in [0.15, 0.2) is 29.6 Å². The Labute approximate surface area is 168 Å². The van der Waals surface area contributed by atoms with Gasteiger partial charge in [-0.05, 0) is 24.3 Å². The topological polar surface area (TPSA) is 104 Å². The number of aromatic nitrogens is 2. The molecule has 0 spiro atoms. The average molecular weight is 427 g/mol. The minimum Gasteiger partial charge on any atom is -0.396 e. The fourth-order valence-corrected chi connectivity index (χ4v) is 3.60. The maximum Gasteiger partial charge on any atom is 0.268 e. The van der Waals surface area contributed by atoms with Gasteiger partial charge < -0.3 is 21.1 Å². The van der Waals surface area contributed by atoms with E-state index in [1.165, 1.54) is 23.5 Å². The molecule has 0 fully saturated rings. The van der Waals surface area contributed by atoms with E-state index in [0.29, 0.717) is 17.1 Å². The minimum absolute atomic E-state index is 0.0139. The van der Waals surface area contributed by atoms with Gasteiger partial charge in [0.2, 0.25) is 0 Å². The number of aliphatic hydroxyl groups excluding tert-OH is 1. The number of aromatic amines is 1. The lowest BCUT2D eigenvalue weighted by molar-refractivity contribution is 0.0933. The van der Waals surface area contributed by atoms with Gasteiger partial charge in [0, 0.05) is 36.2 Å². The molecule has 0 aliphatic rings. The molecule has 0 aliphatic heterocycles. The number of H-pyrrole nitrogens is 1. The minimum atomic E-state index is -0.886. The van der Waals surface area contributed by atoms with Crippen molar-refractivity contribution in [1.82, 2.24) is 15.3 Å². The summed E-state index contributed by atoms with van der Waals surface area (Å²) < 4.78 is 27.3. The molecule has 3 aromatic rings. The number of carbonyl (C=O) groups excluding carboxylic acids is 1. The van der Waals surface area contributed by atoms with Crippen molar-refractivity contribution in [3.05, 3.63) is 62.7 Å². The lowest BCUT2D eigenvalue weighted by atomic mass is 10.1. The third-order valence-corrected chi connectivity index (χ3v) is 5.37. The highest BCUT2D eigenvalue weighted by Gasteiger charge is 2.19. The summed E-state index contributed by atoms with van der Waals surface area (Å²) in [6.07, 6.45) is 0.427. The van der Waals surface area contributed by atoms with E-state index in [1.807, 2.05) is 0 Å². The lowest BCUT2D eigenvalue weighted by Gasteiger charge is -2.13. The Bertz CT molecular complexity index is 969. The van der Waals surface area contributed by atoms with Crippen molar-refractivity contribution in [2.45, 2.75) is 12.5 Å². The monoisotopic (exact) mass is 426 g/mol. The van der Waals surface area contributed by atoms with Crippen molar-refractivity contribution < 1.29 is 18.7 Å². The number of nitrogens with one attached hydrogen (secondary N) is 2. The largest absolute Gasteiger partial charge is 0.396 e. The molecule has 3 rings (SSSR count). The number of nitrogens with two attached hydrogens (primary N) is 1. The van der Waals surface area contributed by atoms with Crippen LogP contribution in [0.3, 0.4) is 0 Å². The van der Waals surface area contributed by atoms with Gasteiger partial charge in [-0.25, -0.2) is 13.8 Å². The highest BCUT2D eigenvalue weighted by molar-refractivity contribution is 7.09. The summed E-state index contributed by atoms with van der Waals surface area (Å²) in [5, 5.41) is 13.6. The van der Waals surface area contributed by atoms with E-state index in [2.05, 4.69) is 15.3 Å². The standard InChI is InChI=1S/C18H17ClF2N4O2S/c19-16-11(20)5-9(6-12(16)21)13-1-2-14(24-13)17(27)25-15(7-22)18-23-10(3-4-26)8-28-18/h1-2,5-6,8,15,24,26H,3-4,7,22H2,(H,25,27)/t15-/m0/s1. The molecule has 0 saturated carbocycles. The van der Waals surface area contributed by atoms with Crippen LogP contribution >= 0.6 is 22.9 Å². The normalized spacial score (nSPS) is 12.2. The zero-order valence-electron chi connectivity index (χ0n) is 14.5. The van der Waals surface area contributed by atoms with Crippen LogP contribution in [0.1, 0.15) is 27.2 Å². The second-order valence-electron chi connectivity index (χ2n) is 5.95. The number of benzene rings is 1. The van der Waals surface area contributed by atoms with Crippen molar-refractivity contribution in [3.63, 3.8) is 0 Å². The molecule has 0 aliphatic carbocycles. The van der Waals surface area contributed by atoms with Crippen molar-refractivity contribution in [1.29, 1.82) is 0 Å². The van der Waals surface area contributed by atoms with Gasteiger partial charge in [-0.3, -0.25) is 4.79 Å². The Morgan fingerprint density at radius 3 is 2.71 bits per heavy atom. The maximum absolute atomic E-state index is 13.7. The van der Waals surface area contributed by atoms with Crippen LogP contribution in [0.25, 0.3) is 11.3 Å². The fraction of sp³-hybridized carbons (Fsp3) is 0.222. The molecule has 148 valence electrons. The van der Waals surface area contributed by atoms with Gasteiger partial charge in [0.1, 0.15) is 27.4 Å². The molecule has 1 amide bonds. The van der Waals surface area contributed by atoms with E-state index >= 15 is 0 Å². The zero-order chi connectivity index (χ0) is 20.3. The van der Waals surface area contributed by atoms with Crippen LogP contribution < -0.4 is 11.1 Å². The van der Waals surface area contributed by atoms with Gasteiger partial charge >= 0.3 is 0 Å². The molecular formula is C18H17ClF2N4O2S. The molecule has 1 atom stereocenters. The maximum atomic E-state index is 13.7. The van der Waals surface area contributed by atoms with Gasteiger partial charge in [0.05, 0.1) is 11.7 Å². The molecule has 0 radical (unpaired) electrons. The number of thiazole rings is 1. The van der Waals surface area contributed by atoms with Crippen molar-refractivity contribution in [2.75, 3.05) is 13.2 Å². The molecule has 5 N–H and O–H groups in total. The molecular weight excluding hydrogens is 410 g/mol. The number of hydrogen-bond acceptors (Lipinski definition) is 5. The Kier molecular flexibility index (Phi) is 6.40. The predicted octanol–water partition coefficient (Wildman–Crippen LogP) is 3.03. The van der Waals surface area contributed by atoms with Crippen LogP contribution in [0.2, 0.25) is 5.02 Å². The Hall–Kier alpha value is -2.33. The van der Waals surface area contributed by atoms with Gasteiger partial charge in [-0.1, -0.05) is 11.6 Å². The molecule has 2 heterocycles. The molecule has 0 unspecified atom stereocenters. The summed E-state index contributed by atoms with van der Waals surface area (Å²) in [5.41, 5.74) is 7.27. The third-order valence-electron chi connectivity index (χ3n) is 4.00. The number of carbonyl (C=O) groups is 1. The second kappa shape index (κ2) is 8.78. The number of rotatable bonds is 7. The van der Waals surface area contributed by atoms with Gasteiger partial charge in [0.15, 0.2) is 0 Å². The van der Waals surface area contributed by atoms with E-state index in [0.717, 1.165) is 17.8 Å². The summed E-state index contributed by atoms with van der Waals surface area (Å²) in [4.78, 5) is 19.7. The van der Waals surface area contributed by atoms with Crippen LogP contribution in [0, 0.1) is 11.6 Å². The highest BCUT2D eigenvalue weighted by atomic mass is 35.5.